The average molecular weight is 535 g/mol. The van der Waals surface area contributed by atoms with Crippen LogP contribution in [0.3, 0.4) is 0 Å². The third-order valence-corrected chi connectivity index (χ3v) is 6.57. The summed E-state index contributed by atoms with van der Waals surface area (Å²) in [7, 11) is 1.60. The lowest BCUT2D eigenvalue weighted by molar-refractivity contribution is -0.130. The number of hydrogen-bond donors (Lipinski definition) is 1. The lowest BCUT2D eigenvalue weighted by Gasteiger charge is -2.31. The van der Waals surface area contributed by atoms with Gasteiger partial charge in [-0.25, -0.2) is 9.97 Å². The van der Waals surface area contributed by atoms with E-state index in [0.717, 1.165) is 23.9 Å². The number of nitrogens with zero attached hydrogens (tertiary/aromatic N) is 5. The highest BCUT2D eigenvalue weighted by atomic mass is 35.5. The number of nitrogens with one attached hydrogen (secondary N) is 1. The molecular weight excluding hydrogens is 508 g/mol. The van der Waals surface area contributed by atoms with Gasteiger partial charge in [0.05, 0.1) is 18.8 Å². The van der Waals surface area contributed by atoms with Crippen LogP contribution in [0, 0.1) is 0 Å². The van der Waals surface area contributed by atoms with Crippen LogP contribution in [0.5, 0.6) is 17.2 Å². The van der Waals surface area contributed by atoms with Crippen molar-refractivity contribution in [3.05, 3.63) is 67.0 Å². The largest absolute Gasteiger partial charge is 0.493 e. The fraction of sp³-hybridized carbons (Fsp3) is 0.296. The zero-order chi connectivity index (χ0) is 26.5. The lowest BCUT2D eigenvalue weighted by atomic mass is 10.1. The molecule has 2 aromatic heterocycles. The van der Waals surface area contributed by atoms with E-state index in [1.54, 1.807) is 32.6 Å². The molecule has 1 N–H and O–H groups in total. The Hall–Kier alpha value is -4.18. The van der Waals surface area contributed by atoms with E-state index in [-0.39, 0.29) is 12.0 Å². The second-order valence-corrected chi connectivity index (χ2v) is 9.18. The minimum atomic E-state index is -0.784. The monoisotopic (exact) mass is 534 g/mol. The summed E-state index contributed by atoms with van der Waals surface area (Å²) in [6.07, 6.45) is 7.67. The number of aromatic nitrogens is 4. The number of amides is 1. The van der Waals surface area contributed by atoms with Crippen molar-refractivity contribution < 1.29 is 19.0 Å². The molecule has 0 spiro atoms. The maximum absolute atomic E-state index is 11.7. The number of ether oxygens (including phenoxy) is 3. The van der Waals surface area contributed by atoms with Gasteiger partial charge in [0.1, 0.15) is 29.7 Å². The third kappa shape index (κ3) is 5.86. The maximum Gasteiger partial charge on any atom is 0.219 e. The van der Waals surface area contributed by atoms with Gasteiger partial charge in [-0.1, -0.05) is 17.7 Å². The number of carbonyl (C=O) groups excluding carboxylic acids is 1. The van der Waals surface area contributed by atoms with Crippen LogP contribution < -0.4 is 19.5 Å². The van der Waals surface area contributed by atoms with Crippen LogP contribution in [0.1, 0.15) is 31.0 Å². The molecule has 1 aliphatic rings. The van der Waals surface area contributed by atoms with E-state index in [9.17, 15) is 4.79 Å². The minimum absolute atomic E-state index is 0.0235. The second kappa shape index (κ2) is 11.5. The standard InChI is InChI=1S/C27H27ClN6O4/c1-17(35)34-10-6-19(7-11-34)37-25-13-21-22(14-24(25)36-2)31-16-32-27(21)33-18-4-3-5-20(12-18)38-26(28)23-15-29-8-9-30-23/h3-5,8-9,12-16,19,26H,6-7,10-11H2,1-2H3,(H,31,32,33). The fourth-order valence-electron chi connectivity index (χ4n) is 4.27. The average Bonchev–Trinajstić information content (AvgIpc) is 2.94. The highest BCUT2D eigenvalue weighted by molar-refractivity contribution is 6.19. The molecule has 1 aliphatic heterocycles. The molecule has 1 amide bonds. The molecule has 1 fully saturated rings. The third-order valence-electron chi connectivity index (χ3n) is 6.25. The smallest absolute Gasteiger partial charge is 0.219 e. The summed E-state index contributed by atoms with van der Waals surface area (Å²) in [6.45, 7) is 2.93. The zero-order valence-electron chi connectivity index (χ0n) is 21.0. The molecule has 196 valence electrons. The molecule has 0 bridgehead atoms. The number of alkyl halides is 1. The SMILES string of the molecule is COc1cc2ncnc(Nc3cccc(OC(Cl)c4cnccn4)c3)c2cc1OC1CCN(C(C)=O)CC1. The van der Waals surface area contributed by atoms with Crippen LogP contribution in [0.4, 0.5) is 11.5 Å². The molecule has 1 atom stereocenters. The molecule has 0 radical (unpaired) electrons. The van der Waals surface area contributed by atoms with E-state index in [4.69, 9.17) is 25.8 Å². The van der Waals surface area contributed by atoms with Gasteiger partial charge in [0.25, 0.3) is 0 Å². The Morgan fingerprint density at radius 3 is 2.68 bits per heavy atom. The first kappa shape index (κ1) is 25.5. The number of carbonyl (C=O) groups is 1. The van der Waals surface area contributed by atoms with Gasteiger partial charge in [0.15, 0.2) is 11.5 Å². The van der Waals surface area contributed by atoms with E-state index in [2.05, 4.69) is 25.3 Å². The molecule has 2 aromatic carbocycles. The number of anilines is 2. The van der Waals surface area contributed by atoms with E-state index in [1.165, 1.54) is 6.33 Å². The predicted molar refractivity (Wildman–Crippen MR) is 143 cm³/mol. The van der Waals surface area contributed by atoms with Gasteiger partial charge in [-0.05, 0) is 18.2 Å². The molecule has 10 nitrogen and oxygen atoms in total. The number of fused-ring (bicyclic) bond motifs is 1. The van der Waals surface area contributed by atoms with Crippen molar-refractivity contribution in [1.82, 2.24) is 24.8 Å². The molecule has 3 heterocycles. The summed E-state index contributed by atoms with van der Waals surface area (Å²) in [6, 6.07) is 11.1. The van der Waals surface area contributed by atoms with Gasteiger partial charge in [0, 0.05) is 68.5 Å². The number of piperidine rings is 1. The van der Waals surface area contributed by atoms with Crippen LogP contribution in [0.2, 0.25) is 0 Å². The summed E-state index contributed by atoms with van der Waals surface area (Å²) < 4.78 is 17.8. The maximum atomic E-state index is 11.7. The van der Waals surface area contributed by atoms with Crippen LogP contribution in [-0.4, -0.2) is 57.0 Å². The van der Waals surface area contributed by atoms with Crippen molar-refractivity contribution in [3.63, 3.8) is 0 Å². The van der Waals surface area contributed by atoms with Crippen LogP contribution >= 0.6 is 11.6 Å². The van der Waals surface area contributed by atoms with Crippen molar-refractivity contribution in [3.8, 4) is 17.2 Å². The van der Waals surface area contributed by atoms with Crippen LogP contribution in [0.15, 0.2) is 61.3 Å². The number of benzene rings is 2. The van der Waals surface area contributed by atoms with Gasteiger partial charge < -0.3 is 24.4 Å². The van der Waals surface area contributed by atoms with Gasteiger partial charge in [-0.15, -0.1) is 0 Å². The van der Waals surface area contributed by atoms with Gasteiger partial charge in [-0.2, -0.15) is 0 Å². The Bertz CT molecular complexity index is 1420. The molecule has 5 rings (SSSR count). The van der Waals surface area contributed by atoms with E-state index >= 15 is 0 Å². The van der Waals surface area contributed by atoms with Crippen molar-refractivity contribution in [2.75, 3.05) is 25.5 Å². The van der Waals surface area contributed by atoms with Crippen LogP contribution in [-0.2, 0) is 4.79 Å². The van der Waals surface area contributed by atoms with E-state index < -0.39 is 5.56 Å². The first-order chi connectivity index (χ1) is 18.5. The first-order valence-electron chi connectivity index (χ1n) is 12.2. The van der Waals surface area contributed by atoms with Gasteiger partial charge >= 0.3 is 0 Å². The molecule has 0 aliphatic carbocycles. The number of hydrogen-bond acceptors (Lipinski definition) is 9. The van der Waals surface area contributed by atoms with Gasteiger partial charge in [0.2, 0.25) is 11.5 Å². The van der Waals surface area contributed by atoms with Crippen molar-refractivity contribution in [2.45, 2.75) is 31.4 Å². The molecule has 1 saturated heterocycles. The zero-order valence-corrected chi connectivity index (χ0v) is 21.8. The summed E-state index contributed by atoms with van der Waals surface area (Å²) >= 11 is 6.37. The molecule has 4 aromatic rings. The van der Waals surface area contributed by atoms with Gasteiger partial charge in [-0.3, -0.25) is 14.8 Å². The Balaban J connectivity index is 1.36. The normalized spacial score (nSPS) is 14.7. The number of rotatable bonds is 8. The quantitative estimate of drug-likeness (QED) is 0.316. The van der Waals surface area contributed by atoms with E-state index in [0.29, 0.717) is 47.4 Å². The molecule has 0 saturated carbocycles. The fourth-order valence-corrected chi connectivity index (χ4v) is 4.49. The highest BCUT2D eigenvalue weighted by Crippen LogP contribution is 2.36. The number of likely N-dealkylation sites (tertiary alicyclic amines) is 1. The minimum Gasteiger partial charge on any atom is -0.493 e. The Morgan fingerprint density at radius 1 is 1.11 bits per heavy atom. The van der Waals surface area contributed by atoms with Crippen molar-refractivity contribution >= 4 is 39.9 Å². The van der Waals surface area contributed by atoms with Crippen molar-refractivity contribution in [1.29, 1.82) is 0 Å². The summed E-state index contributed by atoms with van der Waals surface area (Å²) in [5.41, 5.74) is 1.19. The number of methoxy groups -OCH3 is 1. The lowest BCUT2D eigenvalue weighted by Crippen LogP contribution is -2.40. The molecule has 38 heavy (non-hydrogen) atoms. The summed E-state index contributed by atoms with van der Waals surface area (Å²) in [5.74, 6) is 2.43. The molecular formula is C27H27ClN6O4. The number of halogens is 1. The summed E-state index contributed by atoms with van der Waals surface area (Å²) in [5, 5.41) is 4.11. The first-order valence-corrected chi connectivity index (χ1v) is 12.6. The molecule has 11 heteroatoms. The van der Waals surface area contributed by atoms with Crippen LogP contribution in [0.25, 0.3) is 10.9 Å². The second-order valence-electron chi connectivity index (χ2n) is 8.78. The van der Waals surface area contributed by atoms with E-state index in [1.807, 2.05) is 41.3 Å². The molecule has 1 unspecified atom stereocenters. The van der Waals surface area contributed by atoms with Crippen molar-refractivity contribution in [2.24, 2.45) is 0 Å². The topological polar surface area (TPSA) is 112 Å². The Kier molecular flexibility index (Phi) is 7.69. The Morgan fingerprint density at radius 2 is 1.95 bits per heavy atom. The summed E-state index contributed by atoms with van der Waals surface area (Å²) in [4.78, 5) is 30.6. The Labute approximate surface area is 224 Å². The highest BCUT2D eigenvalue weighted by Gasteiger charge is 2.23. The predicted octanol–water partition coefficient (Wildman–Crippen LogP) is 4.88.